The first-order chi connectivity index (χ1) is 13.6. The molecule has 1 aliphatic heterocycles. The summed E-state index contributed by atoms with van der Waals surface area (Å²) in [6.07, 6.45) is 0. The first-order valence-electron chi connectivity index (χ1n) is 10.0. The number of hydrogen-bond donors (Lipinski definition) is 2. The van der Waals surface area contributed by atoms with Crippen LogP contribution >= 0.6 is 0 Å². The standard InChI is InChI=1S/C20H32N4O4S/c1-5-21-20(26)16(4)22-19(25)14-23-10-12-24(13-11-23)29(27,28)18-8-6-17(7-9-18)15(2)3/h6-9,15-16H,5,10-14H2,1-4H3,(H,21,26)(H,22,25)/t16-/m1/s1. The van der Waals surface area contributed by atoms with Crippen LogP contribution in [0.15, 0.2) is 29.2 Å². The molecule has 2 amide bonds. The minimum absolute atomic E-state index is 0.140. The fraction of sp³-hybridized carbons (Fsp3) is 0.600. The van der Waals surface area contributed by atoms with Gasteiger partial charge in [0.15, 0.2) is 0 Å². The first-order valence-corrected chi connectivity index (χ1v) is 11.5. The summed E-state index contributed by atoms with van der Waals surface area (Å²) in [5, 5.41) is 5.33. The molecule has 2 rings (SSSR count). The van der Waals surface area contributed by atoms with Gasteiger partial charge in [0.2, 0.25) is 21.8 Å². The summed E-state index contributed by atoms with van der Waals surface area (Å²) in [5.74, 6) is -0.123. The van der Waals surface area contributed by atoms with Gasteiger partial charge in [0.1, 0.15) is 6.04 Å². The molecule has 1 aromatic rings. The number of carbonyl (C=O) groups excluding carboxylic acids is 2. The van der Waals surface area contributed by atoms with Gasteiger partial charge in [-0.25, -0.2) is 8.42 Å². The first kappa shape index (κ1) is 23.3. The van der Waals surface area contributed by atoms with Crippen LogP contribution in [0.5, 0.6) is 0 Å². The number of rotatable bonds is 8. The predicted molar refractivity (Wildman–Crippen MR) is 112 cm³/mol. The second kappa shape index (κ2) is 10.2. The van der Waals surface area contributed by atoms with E-state index in [1.54, 1.807) is 19.1 Å². The summed E-state index contributed by atoms with van der Waals surface area (Å²) in [5.41, 5.74) is 1.10. The Kier molecular flexibility index (Phi) is 8.18. The minimum atomic E-state index is -3.54. The maximum atomic E-state index is 12.9. The topological polar surface area (TPSA) is 98.8 Å². The number of nitrogens with zero attached hydrogens (tertiary/aromatic N) is 2. The van der Waals surface area contributed by atoms with E-state index in [0.717, 1.165) is 5.56 Å². The van der Waals surface area contributed by atoms with Crippen LogP contribution in [-0.4, -0.2) is 74.7 Å². The van der Waals surface area contributed by atoms with Crippen molar-refractivity contribution in [2.45, 2.75) is 44.6 Å². The summed E-state index contributed by atoms with van der Waals surface area (Å²) in [4.78, 5) is 26.0. The molecule has 1 heterocycles. The average Bonchev–Trinajstić information content (AvgIpc) is 2.68. The van der Waals surface area contributed by atoms with E-state index in [1.165, 1.54) is 4.31 Å². The Hall–Kier alpha value is -1.97. The minimum Gasteiger partial charge on any atom is -0.355 e. The lowest BCUT2D eigenvalue weighted by atomic mass is 10.0. The van der Waals surface area contributed by atoms with Crippen LogP contribution in [0.3, 0.4) is 0 Å². The van der Waals surface area contributed by atoms with Gasteiger partial charge in [-0.1, -0.05) is 26.0 Å². The van der Waals surface area contributed by atoms with Crippen LogP contribution in [0.1, 0.15) is 39.2 Å². The largest absolute Gasteiger partial charge is 0.355 e. The molecule has 0 spiro atoms. The zero-order valence-corrected chi connectivity index (χ0v) is 18.5. The molecule has 9 heteroatoms. The number of likely N-dealkylation sites (N-methyl/N-ethyl adjacent to an activating group) is 1. The van der Waals surface area contributed by atoms with Crippen LogP contribution in [0.2, 0.25) is 0 Å². The van der Waals surface area contributed by atoms with Crippen molar-refractivity contribution in [3.8, 4) is 0 Å². The molecule has 162 valence electrons. The third-order valence-corrected chi connectivity index (χ3v) is 6.92. The van der Waals surface area contributed by atoms with Crippen molar-refractivity contribution in [2.75, 3.05) is 39.3 Å². The molecule has 0 aliphatic carbocycles. The summed E-state index contributed by atoms with van der Waals surface area (Å²) in [6.45, 7) is 9.82. The number of piperazine rings is 1. The van der Waals surface area contributed by atoms with E-state index in [4.69, 9.17) is 0 Å². The van der Waals surface area contributed by atoms with Crippen molar-refractivity contribution < 1.29 is 18.0 Å². The van der Waals surface area contributed by atoms with Crippen LogP contribution < -0.4 is 10.6 Å². The molecule has 1 fully saturated rings. The maximum Gasteiger partial charge on any atom is 0.243 e. The van der Waals surface area contributed by atoms with Gasteiger partial charge in [-0.05, 0) is 37.5 Å². The number of carbonyl (C=O) groups is 2. The summed E-state index contributed by atoms with van der Waals surface area (Å²) in [6, 6.07) is 6.43. The molecule has 0 aromatic heterocycles. The Morgan fingerprint density at radius 1 is 1.03 bits per heavy atom. The van der Waals surface area contributed by atoms with Gasteiger partial charge in [0.05, 0.1) is 11.4 Å². The fourth-order valence-corrected chi connectivity index (χ4v) is 4.61. The zero-order valence-electron chi connectivity index (χ0n) is 17.6. The molecule has 2 N–H and O–H groups in total. The molecule has 1 atom stereocenters. The zero-order chi connectivity index (χ0) is 21.6. The van der Waals surface area contributed by atoms with Gasteiger partial charge < -0.3 is 10.6 Å². The summed E-state index contributed by atoms with van der Waals surface area (Å²) >= 11 is 0. The second-order valence-electron chi connectivity index (χ2n) is 7.59. The Morgan fingerprint density at radius 3 is 2.14 bits per heavy atom. The molecular formula is C20H32N4O4S. The maximum absolute atomic E-state index is 12.9. The molecule has 0 saturated carbocycles. The van der Waals surface area contributed by atoms with E-state index in [2.05, 4.69) is 24.5 Å². The predicted octanol–water partition coefficient (Wildman–Crippen LogP) is 0.757. The van der Waals surface area contributed by atoms with Gasteiger partial charge in [-0.15, -0.1) is 0 Å². The second-order valence-corrected chi connectivity index (χ2v) is 9.53. The Bertz CT molecular complexity index is 800. The van der Waals surface area contributed by atoms with Gasteiger partial charge in [0, 0.05) is 32.7 Å². The monoisotopic (exact) mass is 424 g/mol. The lowest BCUT2D eigenvalue weighted by Gasteiger charge is -2.33. The fourth-order valence-electron chi connectivity index (χ4n) is 3.18. The van der Waals surface area contributed by atoms with E-state index in [-0.39, 0.29) is 18.4 Å². The molecule has 0 bridgehead atoms. The molecule has 1 aliphatic rings. The van der Waals surface area contributed by atoms with Crippen molar-refractivity contribution in [1.29, 1.82) is 0 Å². The van der Waals surface area contributed by atoms with Crippen LogP contribution in [0, 0.1) is 0 Å². The summed E-state index contributed by atoms with van der Waals surface area (Å²) in [7, 11) is -3.54. The van der Waals surface area contributed by atoms with Gasteiger partial charge >= 0.3 is 0 Å². The quantitative estimate of drug-likeness (QED) is 0.642. The Morgan fingerprint density at radius 2 is 1.62 bits per heavy atom. The highest BCUT2D eigenvalue weighted by molar-refractivity contribution is 7.89. The third-order valence-electron chi connectivity index (χ3n) is 5.00. The molecule has 1 saturated heterocycles. The smallest absolute Gasteiger partial charge is 0.243 e. The number of amides is 2. The SMILES string of the molecule is CCNC(=O)[C@@H](C)NC(=O)CN1CCN(S(=O)(=O)c2ccc(C(C)C)cc2)CC1. The molecule has 0 radical (unpaired) electrons. The lowest BCUT2D eigenvalue weighted by molar-refractivity contribution is -0.129. The molecule has 8 nitrogen and oxygen atoms in total. The van der Waals surface area contributed by atoms with E-state index >= 15 is 0 Å². The van der Waals surface area contributed by atoms with Crippen LogP contribution in [-0.2, 0) is 19.6 Å². The highest BCUT2D eigenvalue weighted by Crippen LogP contribution is 2.21. The van der Waals surface area contributed by atoms with Gasteiger partial charge in [-0.2, -0.15) is 4.31 Å². The normalized spacial score (nSPS) is 17.1. The molecule has 29 heavy (non-hydrogen) atoms. The highest BCUT2D eigenvalue weighted by Gasteiger charge is 2.29. The summed E-state index contributed by atoms with van der Waals surface area (Å²) < 4.78 is 27.2. The van der Waals surface area contributed by atoms with E-state index < -0.39 is 16.1 Å². The van der Waals surface area contributed by atoms with Crippen molar-refractivity contribution in [3.05, 3.63) is 29.8 Å². The Labute approximate surface area is 173 Å². The van der Waals surface area contributed by atoms with Gasteiger partial charge in [0.25, 0.3) is 0 Å². The molecular weight excluding hydrogens is 392 g/mol. The average molecular weight is 425 g/mol. The van der Waals surface area contributed by atoms with Crippen molar-refractivity contribution >= 4 is 21.8 Å². The van der Waals surface area contributed by atoms with Crippen molar-refractivity contribution in [1.82, 2.24) is 19.8 Å². The third kappa shape index (κ3) is 6.25. The van der Waals surface area contributed by atoms with Crippen LogP contribution in [0.25, 0.3) is 0 Å². The van der Waals surface area contributed by atoms with Gasteiger partial charge in [-0.3, -0.25) is 14.5 Å². The molecule has 0 unspecified atom stereocenters. The number of nitrogens with one attached hydrogen (secondary N) is 2. The number of sulfonamides is 1. The Balaban J connectivity index is 1.87. The van der Waals surface area contributed by atoms with E-state index in [9.17, 15) is 18.0 Å². The van der Waals surface area contributed by atoms with Crippen molar-refractivity contribution in [3.63, 3.8) is 0 Å². The van der Waals surface area contributed by atoms with E-state index in [1.807, 2.05) is 24.0 Å². The number of hydrogen-bond acceptors (Lipinski definition) is 5. The highest BCUT2D eigenvalue weighted by atomic mass is 32.2. The van der Waals surface area contributed by atoms with Crippen molar-refractivity contribution in [2.24, 2.45) is 0 Å². The van der Waals surface area contributed by atoms with E-state index in [0.29, 0.717) is 43.5 Å². The van der Waals surface area contributed by atoms with Crippen LogP contribution in [0.4, 0.5) is 0 Å². The number of benzene rings is 1. The lowest BCUT2D eigenvalue weighted by Crippen LogP contribution is -2.53. The molecule has 1 aromatic carbocycles.